The minimum atomic E-state index is -0.261. The number of rotatable bonds is 2. The normalized spacial score (nSPS) is 35.2. The van der Waals surface area contributed by atoms with E-state index in [4.69, 9.17) is 5.11 Å². The van der Waals surface area contributed by atoms with E-state index in [0.717, 1.165) is 0 Å². The van der Waals surface area contributed by atoms with Crippen molar-refractivity contribution in [2.45, 2.75) is 31.4 Å². The number of aliphatic hydroxyl groups is 1. The molecule has 2 aliphatic rings. The highest BCUT2D eigenvalue weighted by molar-refractivity contribution is 5.89. The number of hydrogen-bond donors (Lipinski definition) is 2. The van der Waals surface area contributed by atoms with Crippen LogP contribution in [0.15, 0.2) is 0 Å². The molecule has 0 spiro atoms. The van der Waals surface area contributed by atoms with Crippen molar-refractivity contribution in [3.05, 3.63) is 0 Å². The van der Waals surface area contributed by atoms with E-state index in [0.29, 0.717) is 25.8 Å². The smallest absolute Gasteiger partial charge is 0.225 e. The summed E-state index contributed by atoms with van der Waals surface area (Å²) in [6.45, 7) is 0.514. The third kappa shape index (κ3) is 2.12. The fraction of sp³-hybridized carbons (Fsp3) is 0.800. The lowest BCUT2D eigenvalue weighted by Crippen LogP contribution is -2.48. The summed E-state index contributed by atoms with van der Waals surface area (Å²) in [6, 6.07) is 0.105. The van der Waals surface area contributed by atoms with Gasteiger partial charge in [0, 0.05) is 26.1 Å². The van der Waals surface area contributed by atoms with Crippen LogP contribution < -0.4 is 5.32 Å². The number of nitrogens with one attached hydrogen (secondary N) is 1. The van der Waals surface area contributed by atoms with Gasteiger partial charge in [-0.15, -0.1) is 0 Å². The molecule has 2 rings (SSSR count). The van der Waals surface area contributed by atoms with E-state index in [1.165, 1.54) is 0 Å². The fourth-order valence-electron chi connectivity index (χ4n) is 2.06. The topological polar surface area (TPSA) is 69.6 Å². The molecule has 1 aliphatic heterocycles. The molecular formula is C10H16N2O3. The Morgan fingerprint density at radius 3 is 2.67 bits per heavy atom. The van der Waals surface area contributed by atoms with E-state index in [1.54, 1.807) is 11.9 Å². The van der Waals surface area contributed by atoms with Gasteiger partial charge >= 0.3 is 0 Å². The Kier molecular flexibility index (Phi) is 2.65. The number of nitrogens with zero attached hydrogens (tertiary/aromatic N) is 1. The summed E-state index contributed by atoms with van der Waals surface area (Å²) in [5, 5.41) is 11.9. The maximum absolute atomic E-state index is 11.7. The fourth-order valence-corrected chi connectivity index (χ4v) is 2.06. The molecule has 1 heterocycles. The number of hydrogen-bond acceptors (Lipinski definition) is 3. The summed E-state index contributed by atoms with van der Waals surface area (Å²) < 4.78 is 0. The van der Waals surface area contributed by atoms with E-state index in [-0.39, 0.29) is 29.9 Å². The van der Waals surface area contributed by atoms with E-state index in [1.807, 2.05) is 0 Å². The molecule has 84 valence electrons. The highest BCUT2D eigenvalue weighted by atomic mass is 16.3. The zero-order valence-corrected chi connectivity index (χ0v) is 8.77. The molecule has 5 nitrogen and oxygen atoms in total. The van der Waals surface area contributed by atoms with Crippen LogP contribution in [0.2, 0.25) is 0 Å². The van der Waals surface area contributed by atoms with Crippen LogP contribution in [0.4, 0.5) is 0 Å². The first-order chi connectivity index (χ1) is 7.06. The largest absolute Gasteiger partial charge is 0.393 e. The minimum Gasteiger partial charge on any atom is -0.393 e. The maximum atomic E-state index is 11.7. The van der Waals surface area contributed by atoms with Crippen LogP contribution in [0, 0.1) is 5.92 Å². The summed E-state index contributed by atoms with van der Waals surface area (Å²) in [6.07, 6.45) is 1.34. The zero-order valence-electron chi connectivity index (χ0n) is 8.77. The Hall–Kier alpha value is -1.10. The van der Waals surface area contributed by atoms with Crippen LogP contribution in [0.5, 0.6) is 0 Å². The van der Waals surface area contributed by atoms with Gasteiger partial charge in [0.1, 0.15) is 0 Å². The highest BCUT2D eigenvalue weighted by Crippen LogP contribution is 2.21. The molecule has 2 amide bonds. The molecule has 2 fully saturated rings. The van der Waals surface area contributed by atoms with Gasteiger partial charge in [-0.2, -0.15) is 0 Å². The lowest BCUT2D eigenvalue weighted by atomic mass is 9.89. The predicted molar refractivity (Wildman–Crippen MR) is 52.9 cm³/mol. The first-order valence-corrected chi connectivity index (χ1v) is 5.28. The first-order valence-electron chi connectivity index (χ1n) is 5.28. The first kappa shape index (κ1) is 10.4. The second kappa shape index (κ2) is 3.81. The molecule has 0 aromatic carbocycles. The van der Waals surface area contributed by atoms with Crippen LogP contribution in [-0.4, -0.2) is 47.6 Å². The quantitative estimate of drug-likeness (QED) is 0.623. The van der Waals surface area contributed by atoms with Gasteiger partial charge in [-0.3, -0.25) is 9.59 Å². The summed E-state index contributed by atoms with van der Waals surface area (Å²) in [5.41, 5.74) is 0. The molecule has 1 saturated heterocycles. The number of likely N-dealkylation sites (tertiary alicyclic amines) is 1. The van der Waals surface area contributed by atoms with Gasteiger partial charge in [0.05, 0.1) is 12.0 Å². The molecule has 0 aromatic rings. The molecule has 15 heavy (non-hydrogen) atoms. The number of carbonyl (C=O) groups is 2. The molecule has 0 aromatic heterocycles. The summed E-state index contributed by atoms with van der Waals surface area (Å²) >= 11 is 0. The lowest BCUT2D eigenvalue weighted by Gasteiger charge is -2.32. The van der Waals surface area contributed by atoms with Crippen LogP contribution >= 0.6 is 0 Å². The molecule has 1 atom stereocenters. The van der Waals surface area contributed by atoms with Crippen LogP contribution in [0.1, 0.15) is 19.3 Å². The Labute approximate surface area is 88.4 Å². The van der Waals surface area contributed by atoms with Crippen molar-refractivity contribution in [1.82, 2.24) is 10.2 Å². The average Bonchev–Trinajstić information content (AvgIpc) is 2.44. The number of amides is 2. The van der Waals surface area contributed by atoms with Gasteiger partial charge in [-0.25, -0.2) is 0 Å². The van der Waals surface area contributed by atoms with Gasteiger partial charge in [0.15, 0.2) is 0 Å². The molecule has 1 saturated carbocycles. The third-order valence-corrected chi connectivity index (χ3v) is 3.17. The van der Waals surface area contributed by atoms with E-state index < -0.39 is 0 Å². The van der Waals surface area contributed by atoms with E-state index in [2.05, 4.69) is 5.32 Å². The van der Waals surface area contributed by atoms with Crippen LogP contribution in [0.3, 0.4) is 0 Å². The number of aliphatic hydroxyl groups excluding tert-OH is 1. The Morgan fingerprint density at radius 1 is 1.53 bits per heavy atom. The maximum Gasteiger partial charge on any atom is 0.225 e. The van der Waals surface area contributed by atoms with E-state index in [9.17, 15) is 9.59 Å². The monoisotopic (exact) mass is 212 g/mol. The minimum absolute atomic E-state index is 0.0313. The Morgan fingerprint density at radius 2 is 2.20 bits per heavy atom. The summed E-state index contributed by atoms with van der Waals surface area (Å²) in [5.74, 6) is -0.228. The molecule has 2 N–H and O–H groups in total. The van der Waals surface area contributed by atoms with Crippen LogP contribution in [-0.2, 0) is 9.59 Å². The second-order valence-corrected chi connectivity index (χ2v) is 4.51. The van der Waals surface area contributed by atoms with Gasteiger partial charge < -0.3 is 15.3 Å². The van der Waals surface area contributed by atoms with Crippen molar-refractivity contribution in [1.29, 1.82) is 0 Å². The van der Waals surface area contributed by atoms with Crippen molar-refractivity contribution in [3.8, 4) is 0 Å². The molecule has 5 heteroatoms. The van der Waals surface area contributed by atoms with Crippen molar-refractivity contribution in [2.24, 2.45) is 5.92 Å². The standard InChI is InChI=1S/C10H16N2O3/c1-12-5-6(2-9(12)14)10(15)11-7-3-8(13)4-7/h6-8,13H,2-5H2,1H3,(H,11,15). The predicted octanol–water partition coefficient (Wildman–Crippen LogP) is -0.896. The van der Waals surface area contributed by atoms with Crippen LogP contribution in [0.25, 0.3) is 0 Å². The van der Waals surface area contributed by atoms with Crippen molar-refractivity contribution < 1.29 is 14.7 Å². The lowest BCUT2D eigenvalue weighted by molar-refractivity contribution is -0.129. The van der Waals surface area contributed by atoms with Gasteiger partial charge in [0.2, 0.25) is 11.8 Å². The van der Waals surface area contributed by atoms with Gasteiger partial charge in [0.25, 0.3) is 0 Å². The molecule has 0 bridgehead atoms. The number of carbonyl (C=O) groups excluding carboxylic acids is 2. The van der Waals surface area contributed by atoms with Crippen molar-refractivity contribution in [3.63, 3.8) is 0 Å². The Balaban J connectivity index is 1.79. The van der Waals surface area contributed by atoms with Crippen molar-refractivity contribution in [2.75, 3.05) is 13.6 Å². The molecule has 0 radical (unpaired) electrons. The van der Waals surface area contributed by atoms with Gasteiger partial charge in [-0.05, 0) is 12.8 Å². The SMILES string of the molecule is CN1CC(C(=O)NC2CC(O)C2)CC1=O. The molecule has 1 aliphatic carbocycles. The summed E-state index contributed by atoms with van der Waals surface area (Å²) in [7, 11) is 1.71. The molecule has 1 unspecified atom stereocenters. The summed E-state index contributed by atoms with van der Waals surface area (Å²) in [4.78, 5) is 24.5. The second-order valence-electron chi connectivity index (χ2n) is 4.51. The third-order valence-electron chi connectivity index (χ3n) is 3.17. The van der Waals surface area contributed by atoms with Crippen molar-refractivity contribution >= 4 is 11.8 Å². The van der Waals surface area contributed by atoms with E-state index >= 15 is 0 Å². The average molecular weight is 212 g/mol. The van der Waals surface area contributed by atoms with Gasteiger partial charge in [-0.1, -0.05) is 0 Å². The molecular weight excluding hydrogens is 196 g/mol. The Bertz CT molecular complexity index is 286. The highest BCUT2D eigenvalue weighted by Gasteiger charge is 2.35. The zero-order chi connectivity index (χ0) is 11.0.